The van der Waals surface area contributed by atoms with Gasteiger partial charge in [0.2, 0.25) is 0 Å². The molecule has 2 aromatic rings. The van der Waals surface area contributed by atoms with E-state index in [1.165, 1.54) is 16.7 Å². The van der Waals surface area contributed by atoms with Crippen molar-refractivity contribution < 1.29 is 4.74 Å². The quantitative estimate of drug-likeness (QED) is 0.680. The van der Waals surface area contributed by atoms with Crippen LogP contribution in [0.25, 0.3) is 0 Å². The summed E-state index contributed by atoms with van der Waals surface area (Å²) in [5.41, 5.74) is 4.71. The van der Waals surface area contributed by atoms with Crippen molar-refractivity contribution in [2.45, 2.75) is 40.7 Å². The van der Waals surface area contributed by atoms with Crippen LogP contribution in [0.3, 0.4) is 0 Å². The maximum atomic E-state index is 5.66. The third-order valence-corrected chi connectivity index (χ3v) is 4.37. The zero-order valence-corrected chi connectivity index (χ0v) is 16.5. The molecule has 1 atom stereocenters. The summed E-state index contributed by atoms with van der Waals surface area (Å²) in [4.78, 5) is 0. The second-order valence-electron chi connectivity index (χ2n) is 6.61. The Balaban J connectivity index is 2.16. The van der Waals surface area contributed by atoms with Crippen LogP contribution in [0, 0.1) is 19.8 Å². The van der Waals surface area contributed by atoms with E-state index in [2.05, 4.69) is 56.5 Å². The van der Waals surface area contributed by atoms with Crippen LogP contribution in [-0.4, -0.2) is 11.7 Å². The van der Waals surface area contributed by atoms with Gasteiger partial charge in [-0.3, -0.25) is 0 Å². The lowest BCUT2D eigenvalue weighted by Gasteiger charge is -2.26. The fourth-order valence-electron chi connectivity index (χ4n) is 2.93. The van der Waals surface area contributed by atoms with Crippen LogP contribution in [0.4, 0.5) is 5.69 Å². The van der Waals surface area contributed by atoms with Gasteiger partial charge in [-0.15, -0.1) is 0 Å². The second-order valence-corrected chi connectivity index (χ2v) is 7.02. The Morgan fingerprint density at radius 2 is 1.84 bits per heavy atom. The van der Waals surface area contributed by atoms with Crippen molar-refractivity contribution in [2.24, 2.45) is 5.92 Å². The molecule has 134 valence electrons. The summed E-state index contributed by atoms with van der Waals surface area (Å²) in [7, 11) is 0. The number of benzene rings is 2. The number of ether oxygens (including phenoxy) is 1. The van der Waals surface area contributed by atoms with Crippen molar-refractivity contribution in [3.63, 3.8) is 0 Å². The number of nitrogens with one attached hydrogen (secondary N) is 2. The molecule has 2 rings (SSSR count). The topological polar surface area (TPSA) is 33.3 Å². The molecule has 0 bridgehead atoms. The zero-order chi connectivity index (χ0) is 18.4. The average molecular weight is 357 g/mol. The highest BCUT2D eigenvalue weighted by atomic mass is 32.1. The molecule has 0 aromatic heterocycles. The third kappa shape index (κ3) is 5.20. The number of thiocarbonyl (C=S) groups is 1. The van der Waals surface area contributed by atoms with E-state index in [1.807, 2.05) is 31.2 Å². The van der Waals surface area contributed by atoms with Crippen LogP contribution < -0.4 is 15.4 Å². The summed E-state index contributed by atoms with van der Waals surface area (Å²) in [6, 6.07) is 14.6. The molecule has 0 unspecified atom stereocenters. The first-order valence-corrected chi connectivity index (χ1v) is 9.19. The monoisotopic (exact) mass is 356 g/mol. The maximum absolute atomic E-state index is 5.66. The van der Waals surface area contributed by atoms with Gasteiger partial charge in [-0.25, -0.2) is 0 Å². The van der Waals surface area contributed by atoms with Crippen molar-refractivity contribution >= 4 is 23.0 Å². The van der Waals surface area contributed by atoms with Crippen molar-refractivity contribution in [1.82, 2.24) is 5.32 Å². The van der Waals surface area contributed by atoms with Crippen LogP contribution in [0.1, 0.15) is 43.5 Å². The summed E-state index contributed by atoms with van der Waals surface area (Å²) < 4.78 is 5.66. The molecule has 0 spiro atoms. The highest BCUT2D eigenvalue weighted by Gasteiger charge is 2.19. The van der Waals surface area contributed by atoms with Gasteiger partial charge in [0.15, 0.2) is 5.11 Å². The van der Waals surface area contributed by atoms with E-state index < -0.39 is 0 Å². The van der Waals surface area contributed by atoms with Gasteiger partial charge in [0.1, 0.15) is 5.75 Å². The molecular weight excluding hydrogens is 328 g/mol. The number of rotatable bonds is 6. The van der Waals surface area contributed by atoms with Crippen molar-refractivity contribution in [3.8, 4) is 5.75 Å². The van der Waals surface area contributed by atoms with Crippen LogP contribution in [0.2, 0.25) is 0 Å². The Labute approximate surface area is 156 Å². The summed E-state index contributed by atoms with van der Waals surface area (Å²) in [6.45, 7) is 11.3. The Morgan fingerprint density at radius 1 is 1.12 bits per heavy atom. The largest absolute Gasteiger partial charge is 0.492 e. The molecule has 25 heavy (non-hydrogen) atoms. The predicted octanol–water partition coefficient (Wildman–Crippen LogP) is 5.39. The van der Waals surface area contributed by atoms with Gasteiger partial charge in [-0.2, -0.15) is 0 Å². The van der Waals surface area contributed by atoms with Gasteiger partial charge in [0, 0.05) is 0 Å². The number of para-hydroxylation sites is 2. The lowest BCUT2D eigenvalue weighted by Crippen LogP contribution is -2.35. The van der Waals surface area contributed by atoms with Crippen LogP contribution in [-0.2, 0) is 0 Å². The Morgan fingerprint density at radius 3 is 2.48 bits per heavy atom. The van der Waals surface area contributed by atoms with E-state index in [0.29, 0.717) is 17.6 Å². The van der Waals surface area contributed by atoms with Gasteiger partial charge < -0.3 is 15.4 Å². The molecule has 0 saturated heterocycles. The van der Waals surface area contributed by atoms with E-state index in [9.17, 15) is 0 Å². The summed E-state index contributed by atoms with van der Waals surface area (Å²) >= 11 is 5.57. The van der Waals surface area contributed by atoms with Crippen LogP contribution in [0.15, 0.2) is 42.5 Å². The van der Waals surface area contributed by atoms with E-state index in [1.54, 1.807) is 0 Å². The Bertz CT molecular complexity index is 728. The first-order chi connectivity index (χ1) is 11.9. The lowest BCUT2D eigenvalue weighted by atomic mass is 9.92. The fraction of sp³-hybridized carbons (Fsp3) is 0.381. The number of aryl methyl sites for hydroxylation is 2. The summed E-state index contributed by atoms with van der Waals surface area (Å²) in [5.74, 6) is 1.21. The van der Waals surface area contributed by atoms with Crippen molar-refractivity contribution in [2.75, 3.05) is 11.9 Å². The highest BCUT2D eigenvalue weighted by molar-refractivity contribution is 7.80. The molecule has 0 amide bonds. The van der Waals surface area contributed by atoms with Gasteiger partial charge in [0.05, 0.1) is 18.3 Å². The lowest BCUT2D eigenvalue weighted by molar-refractivity contribution is 0.342. The van der Waals surface area contributed by atoms with E-state index in [4.69, 9.17) is 17.0 Å². The molecule has 0 heterocycles. The Hall–Kier alpha value is -2.07. The summed E-state index contributed by atoms with van der Waals surface area (Å²) in [5, 5.41) is 7.35. The average Bonchev–Trinajstić information content (AvgIpc) is 2.55. The van der Waals surface area contributed by atoms with Gasteiger partial charge in [-0.1, -0.05) is 49.7 Å². The second kappa shape index (κ2) is 8.86. The van der Waals surface area contributed by atoms with Gasteiger partial charge in [0.25, 0.3) is 0 Å². The smallest absolute Gasteiger partial charge is 0.171 e. The SMILES string of the molecule is CCOc1ccccc1NC(=S)N[C@@H](c1ccc(C)cc1C)C(C)C. The minimum absolute atomic E-state index is 0.153. The molecule has 2 N–H and O–H groups in total. The first kappa shape index (κ1) is 19.3. The van der Waals surface area contributed by atoms with Crippen LogP contribution in [0.5, 0.6) is 5.75 Å². The molecular formula is C21H28N2OS. The van der Waals surface area contributed by atoms with E-state index in [0.717, 1.165) is 11.4 Å². The predicted molar refractivity (Wildman–Crippen MR) is 110 cm³/mol. The Kier molecular flexibility index (Phi) is 6.82. The molecule has 3 nitrogen and oxygen atoms in total. The number of hydrogen-bond donors (Lipinski definition) is 2. The molecule has 0 saturated carbocycles. The molecule has 0 aliphatic heterocycles. The van der Waals surface area contributed by atoms with Gasteiger partial charge in [-0.05, 0) is 62.2 Å². The van der Waals surface area contributed by atoms with Crippen molar-refractivity contribution in [1.29, 1.82) is 0 Å². The normalized spacial score (nSPS) is 11.9. The number of anilines is 1. The third-order valence-electron chi connectivity index (χ3n) is 4.15. The zero-order valence-electron chi connectivity index (χ0n) is 15.7. The van der Waals surface area contributed by atoms with Crippen molar-refractivity contribution in [3.05, 3.63) is 59.2 Å². The maximum Gasteiger partial charge on any atom is 0.171 e. The molecule has 0 fully saturated rings. The summed E-state index contributed by atoms with van der Waals surface area (Å²) in [6.07, 6.45) is 0. The highest BCUT2D eigenvalue weighted by Crippen LogP contribution is 2.27. The molecule has 4 heteroatoms. The minimum Gasteiger partial charge on any atom is -0.492 e. The molecule has 2 aromatic carbocycles. The standard InChI is InChI=1S/C21H28N2OS/c1-6-24-19-10-8-7-9-18(19)22-21(25)23-20(14(2)3)17-12-11-15(4)13-16(17)5/h7-14,20H,6H2,1-5H3,(H2,22,23,25)/t20-/m1/s1. The van der Waals surface area contributed by atoms with Gasteiger partial charge >= 0.3 is 0 Å². The molecule has 0 aliphatic rings. The number of hydrogen-bond acceptors (Lipinski definition) is 2. The molecule has 0 radical (unpaired) electrons. The van der Waals surface area contributed by atoms with E-state index in [-0.39, 0.29) is 6.04 Å². The first-order valence-electron chi connectivity index (χ1n) is 8.78. The van der Waals surface area contributed by atoms with Crippen LogP contribution >= 0.6 is 12.2 Å². The fourth-order valence-corrected chi connectivity index (χ4v) is 3.17. The van der Waals surface area contributed by atoms with E-state index >= 15 is 0 Å². The minimum atomic E-state index is 0.153. The molecule has 0 aliphatic carbocycles.